The minimum atomic E-state index is -0.532. The number of ether oxygens (including phenoxy) is 3. The molecule has 3 rings (SSSR count). The number of nitro benzene ring substituents is 1. The molecule has 1 aliphatic rings. The first-order valence-corrected chi connectivity index (χ1v) is 9.06. The molecule has 0 bridgehead atoms. The summed E-state index contributed by atoms with van der Waals surface area (Å²) >= 11 is 6.38. The third kappa shape index (κ3) is 4.91. The highest BCUT2D eigenvalue weighted by molar-refractivity contribution is 6.32. The number of benzene rings is 2. The van der Waals surface area contributed by atoms with Gasteiger partial charge in [-0.15, -0.1) is 0 Å². The van der Waals surface area contributed by atoms with Crippen molar-refractivity contribution >= 4 is 35.2 Å². The van der Waals surface area contributed by atoms with Crippen LogP contribution in [0, 0.1) is 10.1 Å². The molecule has 1 aliphatic heterocycles. The second-order valence-electron chi connectivity index (χ2n) is 6.03. The zero-order chi connectivity index (χ0) is 21.0. The number of aliphatic imine (C=N–C) groups is 1. The van der Waals surface area contributed by atoms with Gasteiger partial charge in [0.05, 0.1) is 16.6 Å². The van der Waals surface area contributed by atoms with Crippen molar-refractivity contribution in [2.24, 2.45) is 4.99 Å². The molecule has 0 aromatic heterocycles. The second kappa shape index (κ2) is 8.74. The monoisotopic (exact) mass is 416 g/mol. The van der Waals surface area contributed by atoms with Crippen LogP contribution in [0.4, 0.5) is 5.69 Å². The van der Waals surface area contributed by atoms with Crippen molar-refractivity contribution < 1.29 is 23.9 Å². The van der Waals surface area contributed by atoms with Crippen LogP contribution in [0.3, 0.4) is 0 Å². The van der Waals surface area contributed by atoms with E-state index in [-0.39, 0.29) is 28.9 Å². The largest absolute Gasteiger partial charge is 0.490 e. The third-order valence-electron chi connectivity index (χ3n) is 3.89. The van der Waals surface area contributed by atoms with E-state index in [1.54, 1.807) is 37.3 Å². The van der Waals surface area contributed by atoms with Gasteiger partial charge in [0.2, 0.25) is 0 Å². The molecule has 1 heterocycles. The van der Waals surface area contributed by atoms with Gasteiger partial charge in [-0.1, -0.05) is 11.6 Å². The number of carbonyl (C=O) groups is 1. The zero-order valence-corrected chi connectivity index (χ0v) is 16.4. The topological polar surface area (TPSA) is 100 Å². The van der Waals surface area contributed by atoms with Gasteiger partial charge in [-0.05, 0) is 48.4 Å². The van der Waals surface area contributed by atoms with Crippen LogP contribution in [0.1, 0.15) is 25.0 Å². The number of nitrogens with zero attached hydrogens (tertiary/aromatic N) is 2. The van der Waals surface area contributed by atoms with Crippen molar-refractivity contribution in [1.29, 1.82) is 0 Å². The molecule has 8 nitrogen and oxygen atoms in total. The van der Waals surface area contributed by atoms with Crippen molar-refractivity contribution in [2.75, 3.05) is 6.61 Å². The molecule has 2 aromatic carbocycles. The number of carbonyl (C=O) groups excluding carboxylic acids is 1. The van der Waals surface area contributed by atoms with Gasteiger partial charge >= 0.3 is 5.97 Å². The van der Waals surface area contributed by atoms with Crippen molar-refractivity contribution in [3.63, 3.8) is 0 Å². The SMILES string of the molecule is CCOc1cc(C=C2N=C(C)OC2=O)cc(Cl)c1OCc1ccc([N+](=O)[O-])cc1. The average Bonchev–Trinajstić information content (AvgIpc) is 2.98. The van der Waals surface area contributed by atoms with E-state index >= 15 is 0 Å². The zero-order valence-electron chi connectivity index (χ0n) is 15.7. The van der Waals surface area contributed by atoms with Crippen LogP contribution in [0.5, 0.6) is 11.5 Å². The molecule has 0 saturated heterocycles. The molecule has 0 unspecified atom stereocenters. The molecule has 9 heteroatoms. The fourth-order valence-corrected chi connectivity index (χ4v) is 2.89. The first kappa shape index (κ1) is 20.3. The Bertz CT molecular complexity index is 1010. The summed E-state index contributed by atoms with van der Waals surface area (Å²) in [6, 6.07) is 9.33. The van der Waals surface area contributed by atoms with Gasteiger partial charge in [0.15, 0.2) is 23.1 Å². The molecule has 0 radical (unpaired) electrons. The molecule has 150 valence electrons. The molecule has 0 fully saturated rings. The van der Waals surface area contributed by atoms with E-state index in [4.69, 9.17) is 25.8 Å². The average molecular weight is 417 g/mol. The predicted molar refractivity (Wildman–Crippen MR) is 107 cm³/mol. The lowest BCUT2D eigenvalue weighted by atomic mass is 10.1. The summed E-state index contributed by atoms with van der Waals surface area (Å²) in [6.45, 7) is 3.94. The normalized spacial score (nSPS) is 14.5. The summed E-state index contributed by atoms with van der Waals surface area (Å²) in [7, 11) is 0. The molecule has 0 N–H and O–H groups in total. The lowest BCUT2D eigenvalue weighted by Crippen LogP contribution is -2.02. The summed E-state index contributed by atoms with van der Waals surface area (Å²) in [5.41, 5.74) is 1.51. The molecular formula is C20H17ClN2O6. The van der Waals surface area contributed by atoms with E-state index in [0.717, 1.165) is 5.56 Å². The van der Waals surface area contributed by atoms with Crippen LogP contribution in [-0.4, -0.2) is 23.4 Å². The molecule has 0 spiro atoms. The van der Waals surface area contributed by atoms with Gasteiger partial charge in [0.25, 0.3) is 5.69 Å². The third-order valence-corrected chi connectivity index (χ3v) is 4.17. The van der Waals surface area contributed by atoms with Crippen molar-refractivity contribution in [1.82, 2.24) is 0 Å². The number of rotatable bonds is 7. The predicted octanol–water partition coefficient (Wildman–Crippen LogP) is 4.54. The Hall–Kier alpha value is -3.39. The van der Waals surface area contributed by atoms with E-state index in [2.05, 4.69) is 4.99 Å². The molecule has 0 amide bonds. The summed E-state index contributed by atoms with van der Waals surface area (Å²) in [4.78, 5) is 26.1. The number of cyclic esters (lactones) is 1. The minimum absolute atomic E-state index is 0.00233. The van der Waals surface area contributed by atoms with Crippen molar-refractivity contribution in [2.45, 2.75) is 20.5 Å². The lowest BCUT2D eigenvalue weighted by Gasteiger charge is -2.14. The molecule has 0 atom stereocenters. The fraction of sp³-hybridized carbons (Fsp3) is 0.200. The van der Waals surface area contributed by atoms with Crippen LogP contribution < -0.4 is 9.47 Å². The van der Waals surface area contributed by atoms with Crippen LogP contribution in [-0.2, 0) is 16.1 Å². The Morgan fingerprint density at radius 2 is 1.97 bits per heavy atom. The van der Waals surface area contributed by atoms with Crippen LogP contribution in [0.2, 0.25) is 5.02 Å². The van der Waals surface area contributed by atoms with Gasteiger partial charge in [0.1, 0.15) is 6.61 Å². The summed E-state index contributed by atoms with van der Waals surface area (Å²) < 4.78 is 16.3. The molecule has 0 saturated carbocycles. The molecule has 29 heavy (non-hydrogen) atoms. The molecule has 2 aromatic rings. The lowest BCUT2D eigenvalue weighted by molar-refractivity contribution is -0.384. The van der Waals surface area contributed by atoms with Crippen LogP contribution >= 0.6 is 11.6 Å². The minimum Gasteiger partial charge on any atom is -0.490 e. The Morgan fingerprint density at radius 1 is 1.24 bits per heavy atom. The second-order valence-corrected chi connectivity index (χ2v) is 6.43. The van der Waals surface area contributed by atoms with Gasteiger partial charge in [-0.2, -0.15) is 0 Å². The van der Waals surface area contributed by atoms with E-state index in [9.17, 15) is 14.9 Å². The summed E-state index contributed by atoms with van der Waals surface area (Å²) in [6.07, 6.45) is 1.55. The Morgan fingerprint density at radius 3 is 2.55 bits per heavy atom. The highest BCUT2D eigenvalue weighted by Gasteiger charge is 2.20. The summed E-state index contributed by atoms with van der Waals surface area (Å²) in [5, 5.41) is 11.0. The molecule has 0 aliphatic carbocycles. The van der Waals surface area contributed by atoms with E-state index in [1.165, 1.54) is 12.1 Å². The standard InChI is InChI=1S/C20H17ClN2O6/c1-3-27-18-10-14(9-17-20(24)29-12(2)22-17)8-16(21)19(18)28-11-13-4-6-15(7-5-13)23(25)26/h4-10H,3,11H2,1-2H3. The molecular weight excluding hydrogens is 400 g/mol. The fourth-order valence-electron chi connectivity index (χ4n) is 2.62. The maximum absolute atomic E-state index is 11.7. The van der Waals surface area contributed by atoms with Crippen molar-refractivity contribution in [3.8, 4) is 11.5 Å². The number of hydrogen-bond donors (Lipinski definition) is 0. The highest BCUT2D eigenvalue weighted by atomic mass is 35.5. The summed E-state index contributed by atoms with van der Waals surface area (Å²) in [5.74, 6) is 0.485. The first-order valence-electron chi connectivity index (χ1n) is 8.69. The Kier molecular flexibility index (Phi) is 6.13. The number of nitro groups is 1. The first-order chi connectivity index (χ1) is 13.9. The maximum atomic E-state index is 11.7. The van der Waals surface area contributed by atoms with Crippen LogP contribution in [0.25, 0.3) is 6.08 Å². The van der Waals surface area contributed by atoms with Gasteiger partial charge in [-0.3, -0.25) is 10.1 Å². The van der Waals surface area contributed by atoms with E-state index in [1.807, 2.05) is 6.92 Å². The quantitative estimate of drug-likeness (QED) is 0.284. The van der Waals surface area contributed by atoms with Crippen molar-refractivity contribution in [3.05, 3.63) is 68.4 Å². The van der Waals surface area contributed by atoms with E-state index in [0.29, 0.717) is 23.7 Å². The number of hydrogen-bond acceptors (Lipinski definition) is 7. The Balaban J connectivity index is 1.84. The Labute approximate surface area is 171 Å². The number of halogens is 1. The highest BCUT2D eigenvalue weighted by Crippen LogP contribution is 2.38. The maximum Gasteiger partial charge on any atom is 0.363 e. The smallest absolute Gasteiger partial charge is 0.363 e. The van der Waals surface area contributed by atoms with E-state index < -0.39 is 10.9 Å². The van der Waals surface area contributed by atoms with Gasteiger partial charge < -0.3 is 14.2 Å². The number of non-ortho nitro benzene ring substituents is 1. The number of esters is 1. The van der Waals surface area contributed by atoms with Gasteiger partial charge in [-0.25, -0.2) is 9.79 Å². The van der Waals surface area contributed by atoms with Crippen LogP contribution in [0.15, 0.2) is 47.1 Å². The van der Waals surface area contributed by atoms with Gasteiger partial charge in [0, 0.05) is 19.1 Å².